The lowest BCUT2D eigenvalue weighted by Crippen LogP contribution is -2.50. The third-order valence-corrected chi connectivity index (χ3v) is 3.60. The summed E-state index contributed by atoms with van der Waals surface area (Å²) < 4.78 is 0. The van der Waals surface area contributed by atoms with Gasteiger partial charge in [0.25, 0.3) is 0 Å². The van der Waals surface area contributed by atoms with E-state index in [2.05, 4.69) is 42.4 Å². The van der Waals surface area contributed by atoms with E-state index in [9.17, 15) is 5.26 Å². The van der Waals surface area contributed by atoms with E-state index in [1.807, 2.05) is 18.2 Å². The number of nitrogens with one attached hydrogen (secondary N) is 1. The second-order valence-electron chi connectivity index (χ2n) is 5.54. The molecular weight excluding hydrogens is 234 g/mol. The van der Waals surface area contributed by atoms with Crippen LogP contribution >= 0.6 is 0 Å². The minimum Gasteiger partial charge on any atom is -0.303 e. The van der Waals surface area contributed by atoms with Gasteiger partial charge in [-0.05, 0) is 38.4 Å². The van der Waals surface area contributed by atoms with E-state index in [1.165, 1.54) is 12.8 Å². The van der Waals surface area contributed by atoms with Crippen LogP contribution in [0.2, 0.25) is 0 Å². The fourth-order valence-corrected chi connectivity index (χ4v) is 2.52. The van der Waals surface area contributed by atoms with Gasteiger partial charge >= 0.3 is 0 Å². The van der Waals surface area contributed by atoms with Gasteiger partial charge in [0.15, 0.2) is 0 Å². The minimum atomic E-state index is -0.577. The van der Waals surface area contributed by atoms with Crippen LogP contribution in [0.25, 0.3) is 0 Å². The van der Waals surface area contributed by atoms with Crippen molar-refractivity contribution in [1.82, 2.24) is 10.2 Å². The molecule has 1 fully saturated rings. The number of benzene rings is 1. The molecule has 0 heterocycles. The van der Waals surface area contributed by atoms with Gasteiger partial charge in [-0.1, -0.05) is 37.3 Å². The Balaban J connectivity index is 2.23. The Bertz CT molecular complexity index is 433. The van der Waals surface area contributed by atoms with Gasteiger partial charge in [-0.3, -0.25) is 5.32 Å². The highest BCUT2D eigenvalue weighted by Gasteiger charge is 2.38. The van der Waals surface area contributed by atoms with Crippen molar-refractivity contribution in [1.29, 1.82) is 5.26 Å². The first-order valence-electron chi connectivity index (χ1n) is 7.13. The van der Waals surface area contributed by atoms with Crippen LogP contribution in [0.4, 0.5) is 0 Å². The largest absolute Gasteiger partial charge is 0.303 e. The molecule has 2 rings (SSSR count). The highest BCUT2D eigenvalue weighted by atomic mass is 15.2. The maximum absolute atomic E-state index is 9.78. The molecule has 3 heteroatoms. The summed E-state index contributed by atoms with van der Waals surface area (Å²) in [5.74, 6) is 0. The average Bonchev–Trinajstić information content (AvgIpc) is 3.23. The van der Waals surface area contributed by atoms with Crippen molar-refractivity contribution in [2.75, 3.05) is 20.1 Å². The van der Waals surface area contributed by atoms with E-state index in [4.69, 9.17) is 0 Å². The van der Waals surface area contributed by atoms with Crippen LogP contribution in [0.1, 0.15) is 31.7 Å². The summed E-state index contributed by atoms with van der Waals surface area (Å²) in [6.45, 7) is 3.92. The lowest BCUT2D eigenvalue weighted by Gasteiger charge is -2.33. The predicted molar refractivity (Wildman–Crippen MR) is 77.7 cm³/mol. The van der Waals surface area contributed by atoms with Crippen LogP contribution in [0.3, 0.4) is 0 Å². The summed E-state index contributed by atoms with van der Waals surface area (Å²) in [7, 11) is 2.09. The number of nitriles is 1. The van der Waals surface area contributed by atoms with Crippen LogP contribution in [-0.4, -0.2) is 31.1 Å². The van der Waals surface area contributed by atoms with Crippen LogP contribution in [0, 0.1) is 11.3 Å². The van der Waals surface area contributed by atoms with Gasteiger partial charge in [-0.2, -0.15) is 5.26 Å². The van der Waals surface area contributed by atoms with E-state index < -0.39 is 5.54 Å². The van der Waals surface area contributed by atoms with Gasteiger partial charge in [0.05, 0.1) is 6.07 Å². The van der Waals surface area contributed by atoms with Crippen LogP contribution in [-0.2, 0) is 5.54 Å². The minimum absolute atomic E-state index is 0.509. The van der Waals surface area contributed by atoms with Crippen LogP contribution in [0.5, 0.6) is 0 Å². The molecule has 0 aliphatic heterocycles. The Morgan fingerprint density at radius 1 is 1.37 bits per heavy atom. The van der Waals surface area contributed by atoms with E-state index in [-0.39, 0.29) is 0 Å². The highest BCUT2D eigenvalue weighted by molar-refractivity contribution is 5.32. The number of rotatable bonds is 7. The zero-order valence-corrected chi connectivity index (χ0v) is 11.9. The maximum atomic E-state index is 9.78. The van der Waals surface area contributed by atoms with Crippen molar-refractivity contribution in [3.63, 3.8) is 0 Å². The monoisotopic (exact) mass is 257 g/mol. The Kier molecular flexibility index (Phi) is 4.57. The fourth-order valence-electron chi connectivity index (χ4n) is 2.52. The van der Waals surface area contributed by atoms with Crippen molar-refractivity contribution < 1.29 is 0 Å². The number of hydrogen-bond acceptors (Lipinski definition) is 3. The van der Waals surface area contributed by atoms with Crippen molar-refractivity contribution in [2.45, 2.75) is 37.8 Å². The molecule has 1 aliphatic rings. The molecule has 1 unspecified atom stereocenters. The Hall–Kier alpha value is -1.37. The van der Waals surface area contributed by atoms with Gasteiger partial charge in [0, 0.05) is 12.6 Å². The molecule has 1 atom stereocenters. The molecule has 0 bridgehead atoms. The lowest BCUT2D eigenvalue weighted by molar-refractivity contribution is 0.248. The molecule has 102 valence electrons. The summed E-state index contributed by atoms with van der Waals surface area (Å²) in [6, 6.07) is 13.2. The lowest BCUT2D eigenvalue weighted by atomic mass is 9.90. The third kappa shape index (κ3) is 3.56. The number of hydrogen-bond donors (Lipinski definition) is 1. The average molecular weight is 257 g/mol. The van der Waals surface area contributed by atoms with Gasteiger partial charge in [0.2, 0.25) is 0 Å². The molecule has 3 nitrogen and oxygen atoms in total. The number of nitrogens with zero attached hydrogens (tertiary/aromatic N) is 2. The topological polar surface area (TPSA) is 39.1 Å². The molecule has 0 spiro atoms. The SMILES string of the molecule is CCCN(C)CC(C#N)(NC1CC1)c1ccccc1. The first-order valence-corrected chi connectivity index (χ1v) is 7.13. The van der Waals surface area contributed by atoms with Crippen molar-refractivity contribution in [2.24, 2.45) is 0 Å². The van der Waals surface area contributed by atoms with Gasteiger partial charge in [0.1, 0.15) is 5.54 Å². The first-order chi connectivity index (χ1) is 9.20. The summed E-state index contributed by atoms with van der Waals surface area (Å²) in [4.78, 5) is 2.24. The molecule has 0 amide bonds. The summed E-state index contributed by atoms with van der Waals surface area (Å²) in [5.41, 5.74) is 0.499. The second-order valence-corrected chi connectivity index (χ2v) is 5.54. The first kappa shape index (κ1) is 14.0. The van der Waals surface area contributed by atoms with Gasteiger partial charge in [-0.15, -0.1) is 0 Å². The zero-order valence-electron chi connectivity index (χ0n) is 11.9. The molecule has 0 radical (unpaired) electrons. The van der Waals surface area contributed by atoms with Crippen molar-refractivity contribution in [3.8, 4) is 6.07 Å². The second kappa shape index (κ2) is 6.18. The molecule has 1 saturated carbocycles. The molecule has 0 aromatic heterocycles. The molecule has 19 heavy (non-hydrogen) atoms. The van der Waals surface area contributed by atoms with Crippen LogP contribution < -0.4 is 5.32 Å². The number of likely N-dealkylation sites (N-methyl/N-ethyl adjacent to an activating group) is 1. The normalized spacial score (nSPS) is 18.0. The van der Waals surface area contributed by atoms with E-state index in [1.54, 1.807) is 0 Å². The quantitative estimate of drug-likeness (QED) is 0.815. The Morgan fingerprint density at radius 3 is 2.58 bits per heavy atom. The van der Waals surface area contributed by atoms with E-state index in [0.29, 0.717) is 6.04 Å². The summed E-state index contributed by atoms with van der Waals surface area (Å²) >= 11 is 0. The van der Waals surface area contributed by atoms with E-state index in [0.717, 1.165) is 25.1 Å². The molecular formula is C16H23N3. The zero-order chi connectivity index (χ0) is 13.7. The van der Waals surface area contributed by atoms with E-state index >= 15 is 0 Å². The Morgan fingerprint density at radius 2 is 2.05 bits per heavy atom. The van der Waals surface area contributed by atoms with Crippen molar-refractivity contribution >= 4 is 0 Å². The Labute approximate surface area is 116 Å². The molecule has 1 aromatic carbocycles. The third-order valence-electron chi connectivity index (χ3n) is 3.60. The van der Waals surface area contributed by atoms with Gasteiger partial charge in [-0.25, -0.2) is 0 Å². The highest BCUT2D eigenvalue weighted by Crippen LogP contribution is 2.29. The van der Waals surface area contributed by atoms with Crippen LogP contribution in [0.15, 0.2) is 30.3 Å². The summed E-state index contributed by atoms with van der Waals surface area (Å²) in [6.07, 6.45) is 3.48. The molecule has 1 aliphatic carbocycles. The molecule has 0 saturated heterocycles. The predicted octanol–water partition coefficient (Wildman–Crippen LogP) is 2.50. The standard InChI is InChI=1S/C16H23N3/c1-3-11-19(2)13-16(12-17,18-15-9-10-15)14-7-5-4-6-8-14/h4-8,15,18H,3,9-11,13H2,1-2H3. The summed E-state index contributed by atoms with van der Waals surface area (Å²) in [5, 5.41) is 13.3. The molecule has 1 N–H and O–H groups in total. The van der Waals surface area contributed by atoms with Gasteiger partial charge < -0.3 is 4.90 Å². The smallest absolute Gasteiger partial charge is 0.145 e. The molecule has 1 aromatic rings. The fraction of sp³-hybridized carbons (Fsp3) is 0.562. The maximum Gasteiger partial charge on any atom is 0.145 e. The van der Waals surface area contributed by atoms with Crippen molar-refractivity contribution in [3.05, 3.63) is 35.9 Å².